The van der Waals surface area contributed by atoms with Crippen molar-refractivity contribution < 1.29 is 0 Å². The first-order valence-corrected chi connectivity index (χ1v) is 2.73. The van der Waals surface area contributed by atoms with E-state index in [1.54, 1.807) is 12.4 Å². The van der Waals surface area contributed by atoms with Gasteiger partial charge in [-0.3, -0.25) is 0 Å². The summed E-state index contributed by atoms with van der Waals surface area (Å²) < 4.78 is 0. The number of aromatic nitrogens is 2. The van der Waals surface area contributed by atoms with Crippen molar-refractivity contribution in [3.8, 4) is 0 Å². The van der Waals surface area contributed by atoms with Gasteiger partial charge in [0.15, 0.2) is 0 Å². The van der Waals surface area contributed by atoms with Crippen LogP contribution in [0.2, 0.25) is 0 Å². The van der Waals surface area contributed by atoms with Gasteiger partial charge in [-0.05, 0) is 13.0 Å². The van der Waals surface area contributed by atoms with E-state index in [-0.39, 0.29) is 0 Å². The third-order valence-electron chi connectivity index (χ3n) is 0.872. The van der Waals surface area contributed by atoms with E-state index in [4.69, 9.17) is 0 Å². The summed E-state index contributed by atoms with van der Waals surface area (Å²) >= 11 is 0. The van der Waals surface area contributed by atoms with E-state index in [1.807, 2.05) is 13.0 Å². The molecule has 0 bridgehead atoms. The van der Waals surface area contributed by atoms with Gasteiger partial charge in [0.25, 0.3) is 0 Å². The molecule has 0 saturated heterocycles. The quantitative estimate of drug-likeness (QED) is 0.555. The Morgan fingerprint density at radius 1 is 1.44 bits per heavy atom. The second-order valence-electron chi connectivity index (χ2n) is 1.56. The lowest BCUT2D eigenvalue weighted by atomic mass is 10.3. The molecule has 0 saturated carbocycles. The molecular formula is C7H7N2. The van der Waals surface area contributed by atoms with Gasteiger partial charge in [-0.25, -0.2) is 9.97 Å². The van der Waals surface area contributed by atoms with Gasteiger partial charge in [0.2, 0.25) is 0 Å². The maximum Gasteiger partial charge on any atom is 0.115 e. The average Bonchev–Trinajstić information content (AvgIpc) is 1.91. The molecule has 1 rings (SSSR count). The second kappa shape index (κ2) is 2.97. The maximum absolute atomic E-state index is 3.81. The maximum atomic E-state index is 3.81. The van der Waals surface area contributed by atoms with Crippen LogP contribution in [0.15, 0.2) is 24.8 Å². The fourth-order valence-corrected chi connectivity index (χ4v) is 0.540. The van der Waals surface area contributed by atoms with Crippen molar-refractivity contribution >= 4 is 0 Å². The minimum atomic E-state index is 0.917. The zero-order chi connectivity index (χ0) is 6.53. The van der Waals surface area contributed by atoms with E-state index in [1.165, 1.54) is 6.33 Å². The van der Waals surface area contributed by atoms with Crippen LogP contribution < -0.4 is 0 Å². The Bertz CT molecular complexity index is 191. The molecule has 1 radical (unpaired) electrons. The topological polar surface area (TPSA) is 25.8 Å². The molecule has 1 aromatic heterocycles. The van der Waals surface area contributed by atoms with Crippen molar-refractivity contribution in [3.63, 3.8) is 0 Å². The first kappa shape index (κ1) is 5.95. The minimum Gasteiger partial charge on any atom is -0.244 e. The van der Waals surface area contributed by atoms with Crippen LogP contribution in [0.1, 0.15) is 12.5 Å². The monoisotopic (exact) mass is 119 g/mol. The second-order valence-corrected chi connectivity index (χ2v) is 1.56. The summed E-state index contributed by atoms with van der Waals surface area (Å²) in [4.78, 5) is 7.62. The zero-order valence-corrected chi connectivity index (χ0v) is 5.20. The molecule has 0 unspecified atom stereocenters. The van der Waals surface area contributed by atoms with Gasteiger partial charge >= 0.3 is 0 Å². The lowest BCUT2D eigenvalue weighted by molar-refractivity contribution is 1.14. The largest absolute Gasteiger partial charge is 0.244 e. The molecule has 0 spiro atoms. The lowest BCUT2D eigenvalue weighted by Crippen LogP contribution is -1.78. The van der Waals surface area contributed by atoms with Crippen molar-refractivity contribution in [1.29, 1.82) is 0 Å². The molecule has 1 heterocycles. The third-order valence-corrected chi connectivity index (χ3v) is 0.872. The summed E-state index contributed by atoms with van der Waals surface area (Å²) in [6.45, 7) is 1.91. The molecule has 0 N–H and O–H groups in total. The Kier molecular flexibility index (Phi) is 1.96. The van der Waals surface area contributed by atoms with Crippen molar-refractivity contribution in [3.05, 3.63) is 36.4 Å². The van der Waals surface area contributed by atoms with Crippen LogP contribution in [0.5, 0.6) is 0 Å². The molecule has 0 aliphatic rings. The van der Waals surface area contributed by atoms with Crippen LogP contribution in [0.25, 0.3) is 0 Å². The molecule has 2 heteroatoms. The Morgan fingerprint density at radius 2 is 2.11 bits per heavy atom. The van der Waals surface area contributed by atoms with E-state index in [0.29, 0.717) is 0 Å². The van der Waals surface area contributed by atoms with Crippen molar-refractivity contribution in [2.24, 2.45) is 0 Å². The zero-order valence-electron chi connectivity index (χ0n) is 5.20. The highest BCUT2D eigenvalue weighted by molar-refractivity contribution is 5.12. The van der Waals surface area contributed by atoms with Gasteiger partial charge in [-0.2, -0.15) is 0 Å². The SMILES string of the molecule is C/C=[C]/c1cncnc1. The van der Waals surface area contributed by atoms with Gasteiger partial charge in [0, 0.05) is 18.0 Å². The standard InChI is InChI=1S/C7H7N2/c1-2-3-7-4-8-6-9-5-7/h2,4-6H,1H3. The summed E-state index contributed by atoms with van der Waals surface area (Å²) in [5, 5.41) is 0. The molecular weight excluding hydrogens is 112 g/mol. The number of allylic oxidation sites excluding steroid dienone is 1. The van der Waals surface area contributed by atoms with Crippen LogP contribution in [0.3, 0.4) is 0 Å². The molecule has 0 aliphatic heterocycles. The van der Waals surface area contributed by atoms with Crippen LogP contribution in [-0.4, -0.2) is 9.97 Å². The van der Waals surface area contributed by atoms with E-state index in [0.717, 1.165) is 5.56 Å². The molecule has 1 aromatic rings. The summed E-state index contributed by atoms with van der Waals surface area (Å²) in [6.07, 6.45) is 9.72. The van der Waals surface area contributed by atoms with E-state index >= 15 is 0 Å². The number of nitrogens with zero attached hydrogens (tertiary/aromatic N) is 2. The average molecular weight is 119 g/mol. The van der Waals surface area contributed by atoms with Crippen molar-refractivity contribution in [1.82, 2.24) is 9.97 Å². The van der Waals surface area contributed by atoms with Gasteiger partial charge in [0.05, 0.1) is 0 Å². The van der Waals surface area contributed by atoms with Gasteiger partial charge in [-0.15, -0.1) is 0 Å². The Morgan fingerprint density at radius 3 is 2.67 bits per heavy atom. The van der Waals surface area contributed by atoms with Crippen molar-refractivity contribution in [2.75, 3.05) is 0 Å². The highest BCUT2D eigenvalue weighted by Crippen LogP contribution is 1.90. The van der Waals surface area contributed by atoms with Crippen LogP contribution in [0.4, 0.5) is 0 Å². The fraction of sp³-hybridized carbons (Fsp3) is 0.143. The first-order chi connectivity index (χ1) is 4.43. The molecule has 0 aromatic carbocycles. The minimum absolute atomic E-state index is 0.917. The Balaban J connectivity index is 2.85. The Hall–Kier alpha value is -1.18. The normalized spacial score (nSPS) is 10.3. The van der Waals surface area contributed by atoms with Crippen LogP contribution >= 0.6 is 0 Å². The Labute approximate surface area is 54.3 Å². The molecule has 0 amide bonds. The summed E-state index contributed by atoms with van der Waals surface area (Å²) in [7, 11) is 0. The van der Waals surface area contributed by atoms with E-state index < -0.39 is 0 Å². The van der Waals surface area contributed by atoms with E-state index in [9.17, 15) is 0 Å². The molecule has 0 aliphatic carbocycles. The number of hydrogen-bond acceptors (Lipinski definition) is 2. The molecule has 45 valence electrons. The van der Waals surface area contributed by atoms with Gasteiger partial charge < -0.3 is 0 Å². The van der Waals surface area contributed by atoms with Gasteiger partial charge in [0.1, 0.15) is 6.33 Å². The lowest BCUT2D eigenvalue weighted by Gasteiger charge is -1.84. The van der Waals surface area contributed by atoms with Gasteiger partial charge in [-0.1, -0.05) is 6.08 Å². The van der Waals surface area contributed by atoms with Crippen LogP contribution in [0, 0.1) is 6.08 Å². The number of hydrogen-bond donors (Lipinski definition) is 0. The fourth-order valence-electron chi connectivity index (χ4n) is 0.540. The highest BCUT2D eigenvalue weighted by Gasteiger charge is 1.80. The first-order valence-electron chi connectivity index (χ1n) is 2.73. The van der Waals surface area contributed by atoms with E-state index in [2.05, 4.69) is 16.0 Å². The predicted octanol–water partition coefficient (Wildman–Crippen LogP) is 1.20. The van der Waals surface area contributed by atoms with Crippen LogP contribution in [-0.2, 0) is 0 Å². The molecule has 0 atom stereocenters. The van der Waals surface area contributed by atoms with Crippen molar-refractivity contribution in [2.45, 2.75) is 6.92 Å². The smallest absolute Gasteiger partial charge is 0.115 e. The summed E-state index contributed by atoms with van der Waals surface area (Å²) in [5.74, 6) is 0. The molecule has 9 heavy (non-hydrogen) atoms. The number of rotatable bonds is 1. The molecule has 2 nitrogen and oxygen atoms in total. The summed E-state index contributed by atoms with van der Waals surface area (Å²) in [5.41, 5.74) is 0.917. The molecule has 0 fully saturated rings. The highest BCUT2D eigenvalue weighted by atomic mass is 14.8. The third kappa shape index (κ3) is 1.64. The summed E-state index contributed by atoms with van der Waals surface area (Å²) in [6, 6.07) is 0. The predicted molar refractivity (Wildman–Crippen MR) is 34.6 cm³/mol.